The summed E-state index contributed by atoms with van der Waals surface area (Å²) in [6.45, 7) is 8.01. The molecule has 5 nitrogen and oxygen atoms in total. The number of aliphatic hydroxyl groups is 2. The summed E-state index contributed by atoms with van der Waals surface area (Å²) in [6, 6.07) is 14.1. The largest absolute Gasteiger partial charge is 0.380 e. The van der Waals surface area contributed by atoms with Gasteiger partial charge in [-0.3, -0.25) is 9.97 Å². The number of aryl methyl sites for hydroxylation is 1. The molecule has 2 N–H and O–H groups in total. The van der Waals surface area contributed by atoms with Crippen molar-refractivity contribution in [3.05, 3.63) is 94.6 Å². The Bertz CT molecular complexity index is 1300. The Hall–Kier alpha value is -3.04. The van der Waals surface area contributed by atoms with Crippen LogP contribution in [0.3, 0.4) is 0 Å². The van der Waals surface area contributed by atoms with Gasteiger partial charge in [0.15, 0.2) is 5.60 Å². The maximum absolute atomic E-state index is 12.4. The molecule has 0 radical (unpaired) electrons. The monoisotopic (exact) mass is 467 g/mol. The molecule has 0 saturated carbocycles. The molecule has 1 unspecified atom stereocenters. The van der Waals surface area contributed by atoms with Crippen molar-refractivity contribution in [2.24, 2.45) is 5.41 Å². The lowest BCUT2D eigenvalue weighted by Gasteiger charge is -2.55. The van der Waals surface area contributed by atoms with Gasteiger partial charge in [0.05, 0.1) is 5.69 Å². The van der Waals surface area contributed by atoms with Crippen LogP contribution >= 0.6 is 0 Å². The number of pyridine rings is 2. The summed E-state index contributed by atoms with van der Waals surface area (Å²) in [5.74, 6) is 6.60. The summed E-state index contributed by atoms with van der Waals surface area (Å²) < 4.78 is 0. The zero-order valence-electron chi connectivity index (χ0n) is 20.9. The van der Waals surface area contributed by atoms with Gasteiger partial charge in [-0.05, 0) is 54.6 Å². The molecule has 180 valence electrons. The quantitative estimate of drug-likeness (QED) is 0.568. The van der Waals surface area contributed by atoms with Crippen molar-refractivity contribution in [1.29, 1.82) is 0 Å². The predicted octanol–water partition coefficient (Wildman–Crippen LogP) is 3.97. The van der Waals surface area contributed by atoms with E-state index in [-0.39, 0.29) is 5.41 Å². The molecule has 2 aliphatic rings. The van der Waals surface area contributed by atoms with E-state index in [2.05, 4.69) is 66.7 Å². The number of rotatable bonds is 4. The molecule has 0 spiro atoms. The normalized spacial score (nSPS) is 22.6. The van der Waals surface area contributed by atoms with Gasteiger partial charge in [-0.2, -0.15) is 0 Å². The van der Waals surface area contributed by atoms with Crippen LogP contribution in [0.2, 0.25) is 0 Å². The molecule has 35 heavy (non-hydrogen) atoms. The van der Waals surface area contributed by atoms with Crippen LogP contribution in [0, 0.1) is 17.3 Å². The lowest BCUT2D eigenvalue weighted by molar-refractivity contribution is -0.127. The van der Waals surface area contributed by atoms with Crippen LogP contribution in [0.1, 0.15) is 66.6 Å². The molecule has 1 saturated heterocycles. The molecule has 5 heteroatoms. The molecular formula is C30H33N3O2. The second-order valence-corrected chi connectivity index (χ2v) is 10.8. The van der Waals surface area contributed by atoms with Gasteiger partial charge in [-0.1, -0.05) is 62.9 Å². The van der Waals surface area contributed by atoms with Gasteiger partial charge in [-0.25, -0.2) is 0 Å². The average molecular weight is 468 g/mol. The summed E-state index contributed by atoms with van der Waals surface area (Å²) in [6.07, 6.45) is 6.40. The fraction of sp³-hybridized carbons (Fsp3) is 0.400. The van der Waals surface area contributed by atoms with Crippen molar-refractivity contribution < 1.29 is 10.2 Å². The second-order valence-electron chi connectivity index (χ2n) is 10.8. The number of benzene rings is 1. The van der Waals surface area contributed by atoms with Crippen LogP contribution in [0.4, 0.5) is 0 Å². The molecule has 1 aliphatic heterocycles. The number of hydrogen-bond donors (Lipinski definition) is 2. The Labute approximate surface area is 207 Å². The smallest absolute Gasteiger partial charge is 0.168 e. The highest BCUT2D eigenvalue weighted by Crippen LogP contribution is 2.50. The van der Waals surface area contributed by atoms with Crippen molar-refractivity contribution >= 4 is 0 Å². The molecule has 1 aliphatic carbocycles. The Kier molecular flexibility index (Phi) is 5.80. The second kappa shape index (κ2) is 8.57. The van der Waals surface area contributed by atoms with Gasteiger partial charge >= 0.3 is 0 Å². The minimum atomic E-state index is -1.27. The first kappa shape index (κ1) is 23.7. The van der Waals surface area contributed by atoms with Gasteiger partial charge < -0.3 is 15.1 Å². The van der Waals surface area contributed by atoms with E-state index in [1.165, 1.54) is 5.56 Å². The third-order valence-electron chi connectivity index (χ3n) is 7.72. The van der Waals surface area contributed by atoms with Crippen molar-refractivity contribution in [2.75, 3.05) is 20.1 Å². The van der Waals surface area contributed by atoms with Crippen molar-refractivity contribution in [1.82, 2.24) is 14.9 Å². The minimum Gasteiger partial charge on any atom is -0.380 e. The first-order valence-corrected chi connectivity index (χ1v) is 12.3. The maximum Gasteiger partial charge on any atom is 0.168 e. The van der Waals surface area contributed by atoms with E-state index in [1.807, 2.05) is 30.3 Å². The Morgan fingerprint density at radius 1 is 1.09 bits per heavy atom. The summed E-state index contributed by atoms with van der Waals surface area (Å²) in [4.78, 5) is 11.1. The zero-order chi connectivity index (χ0) is 24.8. The summed E-state index contributed by atoms with van der Waals surface area (Å²) >= 11 is 0. The van der Waals surface area contributed by atoms with Crippen LogP contribution in [0.15, 0.2) is 61.1 Å². The Morgan fingerprint density at radius 3 is 2.51 bits per heavy atom. The fourth-order valence-electron chi connectivity index (χ4n) is 5.80. The topological polar surface area (TPSA) is 69.5 Å². The standard InChI is InChI=1S/C30H33N3O2/c1-21(2)23-7-9-25(10-8-23)30(35,28(3)19-33(4)20-28)26-16-22(17-31-18-26)11-13-29(34)14-12-24-6-5-15-32-27(24)29/h5-10,15-18,21,34-35H,12,14,19-20H2,1-4H3/t29?,30-/m0/s1. The molecular weight excluding hydrogens is 434 g/mol. The van der Waals surface area contributed by atoms with E-state index in [0.29, 0.717) is 29.2 Å². The SMILES string of the molecule is CC(C)c1ccc([C@](O)(c2cncc(C#CC3(O)CCc4cccnc43)c2)C2(C)CN(C)C2)cc1. The highest BCUT2D eigenvalue weighted by Gasteiger charge is 2.55. The molecule has 3 heterocycles. The molecule has 5 rings (SSSR count). The molecule has 2 atom stereocenters. The summed E-state index contributed by atoms with van der Waals surface area (Å²) in [5.41, 5.74) is 2.29. The predicted molar refractivity (Wildman–Crippen MR) is 137 cm³/mol. The molecule has 3 aromatic rings. The van der Waals surface area contributed by atoms with E-state index < -0.39 is 11.2 Å². The lowest BCUT2D eigenvalue weighted by atomic mass is 9.62. The molecule has 2 aromatic heterocycles. The van der Waals surface area contributed by atoms with Crippen molar-refractivity contribution in [2.45, 2.75) is 50.7 Å². The highest BCUT2D eigenvalue weighted by molar-refractivity contribution is 5.47. The highest BCUT2D eigenvalue weighted by atomic mass is 16.3. The van der Waals surface area contributed by atoms with Gasteiger partial charge in [0.2, 0.25) is 0 Å². The van der Waals surface area contributed by atoms with E-state index >= 15 is 0 Å². The van der Waals surface area contributed by atoms with E-state index in [4.69, 9.17) is 0 Å². The Balaban J connectivity index is 1.54. The number of hydrogen-bond acceptors (Lipinski definition) is 5. The van der Waals surface area contributed by atoms with E-state index in [9.17, 15) is 10.2 Å². The van der Waals surface area contributed by atoms with Gasteiger partial charge in [-0.15, -0.1) is 0 Å². The fourth-order valence-corrected chi connectivity index (χ4v) is 5.80. The van der Waals surface area contributed by atoms with Crippen LogP contribution in [-0.2, 0) is 17.6 Å². The number of likely N-dealkylation sites (tertiary alicyclic amines) is 1. The molecule has 0 bridgehead atoms. The first-order valence-electron chi connectivity index (χ1n) is 12.3. The summed E-state index contributed by atoms with van der Waals surface area (Å²) in [5, 5.41) is 23.6. The van der Waals surface area contributed by atoms with Gasteiger partial charge in [0.1, 0.15) is 5.60 Å². The third-order valence-corrected chi connectivity index (χ3v) is 7.72. The zero-order valence-corrected chi connectivity index (χ0v) is 20.9. The number of aromatic nitrogens is 2. The summed E-state index contributed by atoms with van der Waals surface area (Å²) in [7, 11) is 2.07. The first-order chi connectivity index (χ1) is 16.6. The molecule has 1 aromatic carbocycles. The third kappa shape index (κ3) is 3.96. The molecule has 0 amide bonds. The van der Waals surface area contributed by atoms with Gasteiger partial charge in [0.25, 0.3) is 0 Å². The van der Waals surface area contributed by atoms with Crippen LogP contribution < -0.4 is 0 Å². The van der Waals surface area contributed by atoms with Gasteiger partial charge in [0, 0.05) is 48.2 Å². The van der Waals surface area contributed by atoms with Crippen molar-refractivity contribution in [3.8, 4) is 11.8 Å². The number of nitrogens with zero attached hydrogens (tertiary/aromatic N) is 3. The lowest BCUT2D eigenvalue weighted by Crippen LogP contribution is -2.63. The molecule has 1 fully saturated rings. The van der Waals surface area contributed by atoms with Crippen LogP contribution in [0.25, 0.3) is 0 Å². The van der Waals surface area contributed by atoms with Crippen molar-refractivity contribution in [3.63, 3.8) is 0 Å². The van der Waals surface area contributed by atoms with Crippen LogP contribution in [-0.4, -0.2) is 45.2 Å². The number of fused-ring (bicyclic) bond motifs is 1. The van der Waals surface area contributed by atoms with E-state index in [0.717, 1.165) is 30.6 Å². The maximum atomic E-state index is 12.4. The Morgan fingerprint density at radius 2 is 1.83 bits per heavy atom. The minimum absolute atomic E-state index is 0.374. The van der Waals surface area contributed by atoms with E-state index in [1.54, 1.807) is 18.6 Å². The van der Waals surface area contributed by atoms with Crippen LogP contribution in [0.5, 0.6) is 0 Å². The average Bonchev–Trinajstić information content (AvgIpc) is 3.18.